The van der Waals surface area contributed by atoms with Gasteiger partial charge in [0, 0.05) is 10.2 Å². The van der Waals surface area contributed by atoms with Gasteiger partial charge in [-0.25, -0.2) is 0 Å². The van der Waals surface area contributed by atoms with E-state index in [0.29, 0.717) is 5.02 Å². The van der Waals surface area contributed by atoms with Crippen molar-refractivity contribution < 1.29 is 5.11 Å². The average molecular weight is 355 g/mol. The Hall–Kier alpha value is -1.03. The highest BCUT2D eigenvalue weighted by Gasteiger charge is 2.25. The molecule has 0 aliphatic carbocycles. The minimum Gasteiger partial charge on any atom is -0.394 e. The van der Waals surface area contributed by atoms with Gasteiger partial charge in [-0.2, -0.15) is 0 Å². The number of hydrogen-bond donors (Lipinski definition) is 2. The van der Waals surface area contributed by atoms with Crippen LogP contribution in [0.4, 0.5) is 5.69 Å². The summed E-state index contributed by atoms with van der Waals surface area (Å²) in [5.41, 5.74) is 2.60. The predicted molar refractivity (Wildman–Crippen MR) is 88.4 cm³/mol. The summed E-state index contributed by atoms with van der Waals surface area (Å²) in [6, 6.07) is 13.8. The number of aliphatic hydroxyl groups is 1. The zero-order chi connectivity index (χ0) is 14.8. The molecule has 0 saturated carbocycles. The largest absolute Gasteiger partial charge is 0.394 e. The van der Waals surface area contributed by atoms with Crippen molar-refractivity contribution in [2.45, 2.75) is 19.4 Å². The normalized spacial score (nSPS) is 13.8. The lowest BCUT2D eigenvalue weighted by atomic mass is 9.92. The molecule has 2 aromatic carbocycles. The fourth-order valence-corrected chi connectivity index (χ4v) is 2.51. The molecule has 2 N–H and O–H groups in total. The zero-order valence-electron chi connectivity index (χ0n) is 11.5. The van der Waals surface area contributed by atoms with Crippen LogP contribution >= 0.6 is 27.5 Å². The number of aliphatic hydroxyl groups excluding tert-OH is 1. The molecular weight excluding hydrogens is 338 g/mol. The van der Waals surface area contributed by atoms with Gasteiger partial charge in [0.15, 0.2) is 0 Å². The van der Waals surface area contributed by atoms with Crippen molar-refractivity contribution in [1.82, 2.24) is 0 Å². The smallest absolute Gasteiger partial charge is 0.0828 e. The Bertz CT molecular complexity index is 600. The lowest BCUT2D eigenvalue weighted by Crippen LogP contribution is -2.35. The minimum absolute atomic E-state index is 0.00366. The molecule has 0 bridgehead atoms. The van der Waals surface area contributed by atoms with Crippen LogP contribution in [-0.4, -0.2) is 11.7 Å². The van der Waals surface area contributed by atoms with Crippen molar-refractivity contribution in [2.24, 2.45) is 0 Å². The lowest BCUT2D eigenvalue weighted by molar-refractivity contribution is 0.224. The summed E-state index contributed by atoms with van der Waals surface area (Å²) in [7, 11) is 0. The monoisotopic (exact) mass is 353 g/mol. The number of hydrogen-bond acceptors (Lipinski definition) is 2. The van der Waals surface area contributed by atoms with Crippen molar-refractivity contribution >= 4 is 33.2 Å². The maximum Gasteiger partial charge on any atom is 0.0828 e. The van der Waals surface area contributed by atoms with Crippen molar-refractivity contribution in [2.75, 3.05) is 11.9 Å². The molecule has 2 nitrogen and oxygen atoms in total. The molecule has 0 aromatic heterocycles. The number of nitrogens with one attached hydrogen (secondary N) is 1. The average Bonchev–Trinajstić information content (AvgIpc) is 2.43. The fraction of sp³-hybridized carbons (Fsp3) is 0.250. The van der Waals surface area contributed by atoms with Gasteiger partial charge in [-0.1, -0.05) is 41.4 Å². The van der Waals surface area contributed by atoms with Crippen LogP contribution in [0.3, 0.4) is 0 Å². The van der Waals surface area contributed by atoms with Crippen LogP contribution in [0.15, 0.2) is 46.9 Å². The van der Waals surface area contributed by atoms with Gasteiger partial charge < -0.3 is 10.4 Å². The molecule has 20 heavy (non-hydrogen) atoms. The molecule has 0 aliphatic heterocycles. The van der Waals surface area contributed by atoms with Crippen LogP contribution in [-0.2, 0) is 5.54 Å². The highest BCUT2D eigenvalue weighted by Crippen LogP contribution is 2.30. The predicted octanol–water partition coefficient (Wildman–Crippen LogP) is 4.73. The number of aryl methyl sites for hydroxylation is 1. The molecule has 0 radical (unpaired) electrons. The Balaban J connectivity index is 2.31. The van der Waals surface area contributed by atoms with E-state index in [1.54, 1.807) is 0 Å². The second kappa shape index (κ2) is 6.17. The summed E-state index contributed by atoms with van der Waals surface area (Å²) in [4.78, 5) is 0. The van der Waals surface area contributed by atoms with Crippen LogP contribution in [0.1, 0.15) is 18.1 Å². The Morgan fingerprint density at radius 1 is 1.20 bits per heavy atom. The van der Waals surface area contributed by atoms with E-state index in [2.05, 4.69) is 21.2 Å². The maximum atomic E-state index is 9.79. The number of benzene rings is 2. The first-order valence-corrected chi connectivity index (χ1v) is 7.53. The molecule has 2 aromatic rings. The van der Waals surface area contributed by atoms with Gasteiger partial charge in [-0.05, 0) is 53.5 Å². The topological polar surface area (TPSA) is 32.3 Å². The first kappa shape index (κ1) is 15.4. The molecule has 0 spiro atoms. The van der Waals surface area contributed by atoms with E-state index in [4.69, 9.17) is 11.6 Å². The van der Waals surface area contributed by atoms with Crippen LogP contribution in [0, 0.1) is 6.92 Å². The summed E-state index contributed by atoms with van der Waals surface area (Å²) in [5.74, 6) is 0. The van der Waals surface area contributed by atoms with E-state index in [-0.39, 0.29) is 6.61 Å². The standard InChI is InChI=1S/C16H17BrClNO/c1-11-3-5-12(6-4-11)16(2,10-20)19-13-7-8-15(18)14(17)9-13/h3-9,19-20H,10H2,1-2H3. The van der Waals surface area contributed by atoms with Gasteiger partial charge in [0.25, 0.3) is 0 Å². The first-order chi connectivity index (χ1) is 9.44. The lowest BCUT2D eigenvalue weighted by Gasteiger charge is -2.31. The molecule has 2 rings (SSSR count). The van der Waals surface area contributed by atoms with Crippen LogP contribution in [0.25, 0.3) is 0 Å². The third-order valence-corrected chi connectivity index (χ3v) is 4.56. The number of halogens is 2. The molecule has 106 valence electrons. The van der Waals surface area contributed by atoms with E-state index in [0.717, 1.165) is 15.7 Å². The summed E-state index contributed by atoms with van der Waals surface area (Å²) >= 11 is 9.40. The summed E-state index contributed by atoms with van der Waals surface area (Å²) in [6.45, 7) is 4.01. The molecule has 1 atom stereocenters. The first-order valence-electron chi connectivity index (χ1n) is 6.36. The maximum absolute atomic E-state index is 9.79. The molecule has 0 heterocycles. The van der Waals surface area contributed by atoms with Crippen molar-refractivity contribution in [1.29, 1.82) is 0 Å². The van der Waals surface area contributed by atoms with Gasteiger partial charge in [0.05, 0.1) is 17.2 Å². The summed E-state index contributed by atoms with van der Waals surface area (Å²) in [5, 5.41) is 13.8. The molecule has 0 saturated heterocycles. The van der Waals surface area contributed by atoms with Crippen molar-refractivity contribution in [3.8, 4) is 0 Å². The Kier molecular flexibility index (Phi) is 4.74. The fourth-order valence-electron chi connectivity index (χ4n) is 2.02. The Labute approximate surface area is 132 Å². The van der Waals surface area contributed by atoms with Gasteiger partial charge in [0.2, 0.25) is 0 Å². The Morgan fingerprint density at radius 3 is 2.40 bits per heavy atom. The van der Waals surface area contributed by atoms with Crippen LogP contribution in [0.2, 0.25) is 5.02 Å². The SMILES string of the molecule is Cc1ccc(C(C)(CO)Nc2ccc(Cl)c(Br)c2)cc1. The van der Waals surface area contributed by atoms with E-state index < -0.39 is 5.54 Å². The second-order valence-electron chi connectivity index (χ2n) is 5.11. The summed E-state index contributed by atoms with van der Waals surface area (Å²) in [6.07, 6.45) is 0. The van der Waals surface area contributed by atoms with E-state index >= 15 is 0 Å². The molecule has 0 amide bonds. The van der Waals surface area contributed by atoms with E-state index in [9.17, 15) is 5.11 Å². The molecular formula is C16H17BrClNO. The van der Waals surface area contributed by atoms with E-state index in [1.807, 2.05) is 56.3 Å². The van der Waals surface area contributed by atoms with Crippen molar-refractivity contribution in [3.63, 3.8) is 0 Å². The molecule has 1 unspecified atom stereocenters. The van der Waals surface area contributed by atoms with E-state index in [1.165, 1.54) is 5.56 Å². The third-order valence-electron chi connectivity index (χ3n) is 3.34. The minimum atomic E-state index is -0.541. The van der Waals surface area contributed by atoms with Crippen LogP contribution < -0.4 is 5.32 Å². The highest BCUT2D eigenvalue weighted by molar-refractivity contribution is 9.10. The molecule has 4 heteroatoms. The second-order valence-corrected chi connectivity index (χ2v) is 6.37. The summed E-state index contributed by atoms with van der Waals surface area (Å²) < 4.78 is 0.827. The highest BCUT2D eigenvalue weighted by atomic mass is 79.9. The van der Waals surface area contributed by atoms with Gasteiger partial charge in [0.1, 0.15) is 0 Å². The van der Waals surface area contributed by atoms with Gasteiger partial charge >= 0.3 is 0 Å². The van der Waals surface area contributed by atoms with Gasteiger partial charge in [-0.3, -0.25) is 0 Å². The Morgan fingerprint density at radius 2 is 1.85 bits per heavy atom. The number of rotatable bonds is 4. The quantitative estimate of drug-likeness (QED) is 0.832. The van der Waals surface area contributed by atoms with Crippen LogP contribution in [0.5, 0.6) is 0 Å². The zero-order valence-corrected chi connectivity index (χ0v) is 13.8. The van der Waals surface area contributed by atoms with Gasteiger partial charge in [-0.15, -0.1) is 0 Å². The molecule has 0 aliphatic rings. The van der Waals surface area contributed by atoms with Crippen molar-refractivity contribution in [3.05, 3.63) is 63.1 Å². The third kappa shape index (κ3) is 3.35. The number of anilines is 1. The molecule has 0 fully saturated rings.